The molecule has 2 aromatic rings. The number of nitrogens with one attached hydrogen (secondary N) is 1. The SMILES string of the molecule is O=[N+]([O-])c1cc(O)c2c(c1)C1C=CCC1C(c1cc(Br)ccc1O)N2. The highest BCUT2D eigenvalue weighted by molar-refractivity contribution is 9.10. The molecule has 2 aliphatic rings. The van der Waals surface area contributed by atoms with Gasteiger partial charge in [0.05, 0.1) is 22.7 Å². The van der Waals surface area contributed by atoms with E-state index >= 15 is 0 Å². The molecular formula is C18H15BrN2O4. The number of halogens is 1. The third-order valence-corrected chi connectivity index (χ3v) is 5.46. The minimum absolute atomic E-state index is 0.0505. The predicted molar refractivity (Wildman–Crippen MR) is 96.9 cm³/mol. The molecular weight excluding hydrogens is 388 g/mol. The first-order valence-electron chi connectivity index (χ1n) is 7.88. The summed E-state index contributed by atoms with van der Waals surface area (Å²) in [7, 11) is 0. The van der Waals surface area contributed by atoms with Gasteiger partial charge in [0.1, 0.15) is 11.5 Å². The van der Waals surface area contributed by atoms with Crippen LogP contribution in [0.1, 0.15) is 29.5 Å². The Morgan fingerprint density at radius 1 is 1.16 bits per heavy atom. The Kier molecular flexibility index (Phi) is 3.68. The fourth-order valence-corrected chi connectivity index (χ4v) is 4.23. The van der Waals surface area contributed by atoms with Gasteiger partial charge in [-0.15, -0.1) is 0 Å². The molecule has 3 atom stereocenters. The number of nitrogens with zero attached hydrogens (tertiary/aromatic N) is 1. The molecule has 7 heteroatoms. The van der Waals surface area contributed by atoms with Gasteiger partial charge in [-0.3, -0.25) is 10.1 Å². The number of non-ortho nitro benzene ring substituents is 1. The first-order valence-corrected chi connectivity index (χ1v) is 8.68. The normalized spacial score (nSPS) is 23.6. The molecule has 0 spiro atoms. The van der Waals surface area contributed by atoms with E-state index in [4.69, 9.17) is 0 Å². The maximum Gasteiger partial charge on any atom is 0.273 e. The van der Waals surface area contributed by atoms with Crippen molar-refractivity contribution >= 4 is 27.3 Å². The van der Waals surface area contributed by atoms with Crippen LogP contribution in [0.3, 0.4) is 0 Å². The monoisotopic (exact) mass is 402 g/mol. The van der Waals surface area contributed by atoms with Crippen LogP contribution in [0.2, 0.25) is 0 Å². The Labute approximate surface area is 152 Å². The molecule has 0 fully saturated rings. The molecule has 1 aliphatic heterocycles. The molecule has 128 valence electrons. The molecule has 6 nitrogen and oxygen atoms in total. The van der Waals surface area contributed by atoms with Crippen molar-refractivity contribution in [3.05, 3.63) is 68.2 Å². The van der Waals surface area contributed by atoms with E-state index in [-0.39, 0.29) is 35.1 Å². The Morgan fingerprint density at radius 3 is 2.72 bits per heavy atom. The lowest BCUT2D eigenvalue weighted by Gasteiger charge is -2.37. The predicted octanol–water partition coefficient (Wildman–Crippen LogP) is 4.60. The smallest absolute Gasteiger partial charge is 0.273 e. The average molecular weight is 403 g/mol. The van der Waals surface area contributed by atoms with E-state index in [1.807, 2.05) is 18.2 Å². The Bertz CT molecular complexity index is 912. The second kappa shape index (κ2) is 5.77. The summed E-state index contributed by atoms with van der Waals surface area (Å²) in [5.74, 6) is 0.0816. The van der Waals surface area contributed by atoms with Crippen molar-refractivity contribution in [1.29, 1.82) is 0 Å². The molecule has 0 aromatic heterocycles. The van der Waals surface area contributed by atoms with Crippen LogP contribution in [0.25, 0.3) is 0 Å². The van der Waals surface area contributed by atoms with Gasteiger partial charge in [0, 0.05) is 22.0 Å². The van der Waals surface area contributed by atoms with Crippen molar-refractivity contribution in [3.63, 3.8) is 0 Å². The van der Waals surface area contributed by atoms with Crippen LogP contribution in [0.4, 0.5) is 11.4 Å². The minimum Gasteiger partial charge on any atom is -0.508 e. The summed E-state index contributed by atoms with van der Waals surface area (Å²) >= 11 is 3.43. The number of nitro groups is 1. The van der Waals surface area contributed by atoms with Crippen molar-refractivity contribution in [2.45, 2.75) is 18.4 Å². The number of phenols is 2. The van der Waals surface area contributed by atoms with E-state index in [9.17, 15) is 20.3 Å². The van der Waals surface area contributed by atoms with Crippen LogP contribution in [0.5, 0.6) is 11.5 Å². The van der Waals surface area contributed by atoms with Crippen molar-refractivity contribution < 1.29 is 15.1 Å². The average Bonchev–Trinajstić information content (AvgIpc) is 3.06. The van der Waals surface area contributed by atoms with E-state index < -0.39 is 4.92 Å². The van der Waals surface area contributed by atoms with Crippen LogP contribution in [0, 0.1) is 16.0 Å². The third kappa shape index (κ3) is 2.55. The van der Waals surface area contributed by atoms with Crippen molar-refractivity contribution in [1.82, 2.24) is 0 Å². The minimum atomic E-state index is -0.500. The lowest BCUT2D eigenvalue weighted by Crippen LogP contribution is -2.29. The molecule has 2 aromatic carbocycles. The zero-order valence-electron chi connectivity index (χ0n) is 13.0. The van der Waals surface area contributed by atoms with Crippen molar-refractivity contribution in [2.24, 2.45) is 5.92 Å². The zero-order chi connectivity index (χ0) is 17.7. The fourth-order valence-electron chi connectivity index (χ4n) is 3.85. The lowest BCUT2D eigenvalue weighted by molar-refractivity contribution is -0.385. The number of anilines is 1. The molecule has 0 saturated heterocycles. The molecule has 0 bridgehead atoms. The van der Waals surface area contributed by atoms with Crippen LogP contribution in [-0.2, 0) is 0 Å². The molecule has 0 amide bonds. The standard InChI is InChI=1S/C18H15BrN2O4/c19-9-4-5-15(22)14(6-9)17-12-3-1-2-11(12)13-7-10(21(24)25)8-16(23)18(13)20-17/h1-2,4-8,11-12,17,20,22-23H,3H2. The first kappa shape index (κ1) is 16.0. The summed E-state index contributed by atoms with van der Waals surface area (Å²) in [4.78, 5) is 10.6. The number of hydrogen-bond donors (Lipinski definition) is 3. The maximum atomic E-state index is 11.1. The summed E-state index contributed by atoms with van der Waals surface area (Å²) in [6, 6.07) is 7.72. The Morgan fingerprint density at radius 2 is 1.96 bits per heavy atom. The molecule has 25 heavy (non-hydrogen) atoms. The maximum absolute atomic E-state index is 11.1. The van der Waals surface area contributed by atoms with Gasteiger partial charge in [-0.1, -0.05) is 28.1 Å². The number of rotatable bonds is 2. The first-order chi connectivity index (χ1) is 12.0. The van der Waals surface area contributed by atoms with Crippen LogP contribution in [0.15, 0.2) is 47.0 Å². The highest BCUT2D eigenvalue weighted by atomic mass is 79.9. The Hall–Kier alpha value is -2.54. The number of phenolic OH excluding ortho intramolecular Hbond substituents is 2. The van der Waals surface area contributed by atoms with Gasteiger partial charge in [-0.2, -0.15) is 0 Å². The number of nitro benzene ring substituents is 1. The van der Waals surface area contributed by atoms with E-state index in [0.29, 0.717) is 5.69 Å². The largest absolute Gasteiger partial charge is 0.508 e. The summed E-state index contributed by atoms with van der Waals surface area (Å²) in [6.07, 6.45) is 4.86. The lowest BCUT2D eigenvalue weighted by atomic mass is 9.76. The van der Waals surface area contributed by atoms with E-state index in [1.54, 1.807) is 12.1 Å². The van der Waals surface area contributed by atoms with Crippen LogP contribution in [-0.4, -0.2) is 15.1 Å². The van der Waals surface area contributed by atoms with Gasteiger partial charge in [0.2, 0.25) is 0 Å². The van der Waals surface area contributed by atoms with E-state index in [0.717, 1.165) is 28.1 Å². The number of aromatic hydroxyl groups is 2. The van der Waals surface area contributed by atoms with Crippen LogP contribution >= 0.6 is 15.9 Å². The highest BCUT2D eigenvalue weighted by Gasteiger charge is 2.40. The summed E-state index contributed by atoms with van der Waals surface area (Å²) in [6.45, 7) is 0. The molecule has 1 heterocycles. The van der Waals surface area contributed by atoms with Gasteiger partial charge in [-0.25, -0.2) is 0 Å². The van der Waals surface area contributed by atoms with Gasteiger partial charge < -0.3 is 15.5 Å². The van der Waals surface area contributed by atoms with Gasteiger partial charge in [0.25, 0.3) is 5.69 Å². The number of allylic oxidation sites excluding steroid dienone is 2. The zero-order valence-corrected chi connectivity index (χ0v) is 14.6. The molecule has 1 aliphatic carbocycles. The third-order valence-electron chi connectivity index (χ3n) is 4.97. The van der Waals surface area contributed by atoms with Gasteiger partial charge >= 0.3 is 0 Å². The molecule has 0 radical (unpaired) electrons. The van der Waals surface area contributed by atoms with E-state index in [2.05, 4.69) is 21.2 Å². The second-order valence-electron chi connectivity index (χ2n) is 6.36. The van der Waals surface area contributed by atoms with Gasteiger partial charge in [-0.05, 0) is 36.1 Å². The summed E-state index contributed by atoms with van der Waals surface area (Å²) in [5, 5.41) is 35.1. The molecule has 0 saturated carbocycles. The highest BCUT2D eigenvalue weighted by Crippen LogP contribution is 2.54. The summed E-state index contributed by atoms with van der Waals surface area (Å²) < 4.78 is 0.850. The molecule has 3 unspecified atom stereocenters. The quantitative estimate of drug-likeness (QED) is 0.295. The Balaban J connectivity index is 1.86. The second-order valence-corrected chi connectivity index (χ2v) is 7.28. The van der Waals surface area contributed by atoms with Gasteiger partial charge in [0.15, 0.2) is 0 Å². The number of hydrogen-bond acceptors (Lipinski definition) is 5. The topological polar surface area (TPSA) is 95.6 Å². The number of fused-ring (bicyclic) bond motifs is 3. The van der Waals surface area contributed by atoms with E-state index in [1.165, 1.54) is 6.07 Å². The summed E-state index contributed by atoms with van der Waals surface area (Å²) in [5.41, 5.74) is 1.82. The van der Waals surface area contributed by atoms with Crippen molar-refractivity contribution in [3.8, 4) is 11.5 Å². The van der Waals surface area contributed by atoms with Crippen molar-refractivity contribution in [2.75, 3.05) is 5.32 Å². The number of benzene rings is 2. The molecule has 4 rings (SSSR count). The van der Waals surface area contributed by atoms with Crippen LogP contribution < -0.4 is 5.32 Å². The molecule has 3 N–H and O–H groups in total. The fraction of sp³-hybridized carbons (Fsp3) is 0.222.